The van der Waals surface area contributed by atoms with Crippen LogP contribution in [-0.4, -0.2) is 48.3 Å². The Labute approximate surface area is 175 Å². The van der Waals surface area contributed by atoms with Crippen molar-refractivity contribution in [2.24, 2.45) is 0 Å². The molecule has 1 aromatic heterocycles. The van der Waals surface area contributed by atoms with Gasteiger partial charge in [0.1, 0.15) is 12.3 Å². The molecule has 0 N–H and O–H groups in total. The highest BCUT2D eigenvalue weighted by Crippen LogP contribution is 2.31. The zero-order valence-corrected chi connectivity index (χ0v) is 17.5. The van der Waals surface area contributed by atoms with Crippen LogP contribution < -0.4 is 14.2 Å². The Kier molecular flexibility index (Phi) is 6.90. The van der Waals surface area contributed by atoms with E-state index in [4.69, 9.17) is 18.7 Å². The quantitative estimate of drug-likeness (QED) is 0.529. The molecule has 1 amide bonds. The maximum Gasteiger partial charge on any atom is 0.258 e. The van der Waals surface area contributed by atoms with E-state index in [9.17, 15) is 4.79 Å². The average molecular weight is 411 g/mol. The summed E-state index contributed by atoms with van der Waals surface area (Å²) in [5.74, 6) is 2.32. The largest absolute Gasteiger partial charge is 0.493 e. The van der Waals surface area contributed by atoms with Gasteiger partial charge in [0.15, 0.2) is 11.5 Å². The van der Waals surface area contributed by atoms with Crippen molar-refractivity contribution in [2.45, 2.75) is 20.4 Å². The summed E-state index contributed by atoms with van der Waals surface area (Å²) >= 11 is 0. The van der Waals surface area contributed by atoms with Gasteiger partial charge in [-0.3, -0.25) is 4.79 Å². The predicted molar refractivity (Wildman–Crippen MR) is 111 cm³/mol. The van der Waals surface area contributed by atoms with Crippen molar-refractivity contribution in [3.63, 3.8) is 0 Å². The van der Waals surface area contributed by atoms with Crippen LogP contribution >= 0.6 is 0 Å². The van der Waals surface area contributed by atoms with Crippen molar-refractivity contribution in [2.75, 3.05) is 27.4 Å². The minimum Gasteiger partial charge on any atom is -0.493 e. The molecule has 0 radical (unpaired) electrons. The fourth-order valence-corrected chi connectivity index (χ4v) is 3.00. The van der Waals surface area contributed by atoms with Crippen LogP contribution in [0.4, 0.5) is 0 Å². The van der Waals surface area contributed by atoms with Gasteiger partial charge in [0, 0.05) is 12.1 Å². The van der Waals surface area contributed by atoms with Crippen LogP contribution in [0.1, 0.15) is 30.1 Å². The number of hydrogen-bond donors (Lipinski definition) is 0. The first-order chi connectivity index (χ1) is 14.6. The molecule has 0 aliphatic carbocycles. The highest BCUT2D eigenvalue weighted by Gasteiger charge is 2.21. The van der Waals surface area contributed by atoms with Crippen LogP contribution in [0.15, 0.2) is 47.0 Å². The van der Waals surface area contributed by atoms with Gasteiger partial charge in [-0.15, -0.1) is 0 Å². The summed E-state index contributed by atoms with van der Waals surface area (Å²) in [6.45, 7) is 4.93. The number of carbonyl (C=O) groups excluding carboxylic acids is 1. The second kappa shape index (κ2) is 9.78. The van der Waals surface area contributed by atoms with Crippen molar-refractivity contribution < 1.29 is 23.5 Å². The first kappa shape index (κ1) is 21.2. The minimum atomic E-state index is -0.160. The summed E-state index contributed by atoms with van der Waals surface area (Å²) in [4.78, 5) is 19.1. The summed E-state index contributed by atoms with van der Waals surface area (Å²) in [5.41, 5.74) is 1.22. The predicted octanol–water partition coefficient (Wildman–Crippen LogP) is 3.81. The number of hydrogen-bond acceptors (Lipinski definition) is 7. The second-order valence-electron chi connectivity index (χ2n) is 6.33. The Morgan fingerprint density at radius 3 is 2.50 bits per heavy atom. The number of benzene rings is 2. The monoisotopic (exact) mass is 411 g/mol. The SMILES string of the molecule is CCOc1ccccc1C(=O)N(CC)Cc1nc(-c2ccc(OC)c(OC)c2)no1. The summed E-state index contributed by atoms with van der Waals surface area (Å²) in [7, 11) is 3.14. The number of ether oxygens (including phenoxy) is 3. The van der Waals surface area contributed by atoms with Crippen LogP contribution in [0.3, 0.4) is 0 Å². The number of nitrogens with zero attached hydrogens (tertiary/aromatic N) is 3. The third-order valence-corrected chi connectivity index (χ3v) is 4.52. The maximum atomic E-state index is 13.0. The molecule has 0 fully saturated rings. The van der Waals surface area contributed by atoms with Gasteiger partial charge in [0.2, 0.25) is 11.7 Å². The van der Waals surface area contributed by atoms with Crippen LogP contribution in [0, 0.1) is 0 Å². The molecule has 0 spiro atoms. The number of carbonyl (C=O) groups is 1. The van der Waals surface area contributed by atoms with E-state index in [2.05, 4.69) is 10.1 Å². The van der Waals surface area contributed by atoms with Crippen molar-refractivity contribution in [1.82, 2.24) is 15.0 Å². The van der Waals surface area contributed by atoms with Gasteiger partial charge in [-0.2, -0.15) is 4.98 Å². The Morgan fingerprint density at radius 2 is 1.80 bits per heavy atom. The Bertz CT molecular complexity index is 1000. The number of rotatable bonds is 9. The Hall–Kier alpha value is -3.55. The third kappa shape index (κ3) is 4.53. The van der Waals surface area contributed by atoms with Gasteiger partial charge in [-0.1, -0.05) is 17.3 Å². The average Bonchev–Trinajstić information content (AvgIpc) is 3.25. The molecule has 3 rings (SSSR count). The maximum absolute atomic E-state index is 13.0. The fourth-order valence-electron chi connectivity index (χ4n) is 3.00. The van der Waals surface area contributed by atoms with E-state index in [0.717, 1.165) is 5.56 Å². The van der Waals surface area contributed by atoms with E-state index in [1.54, 1.807) is 43.4 Å². The molecule has 0 bridgehead atoms. The molecular weight excluding hydrogens is 386 g/mol. The molecule has 1 heterocycles. The second-order valence-corrected chi connectivity index (χ2v) is 6.33. The smallest absolute Gasteiger partial charge is 0.258 e. The summed E-state index contributed by atoms with van der Waals surface area (Å²) in [6, 6.07) is 12.5. The first-order valence-corrected chi connectivity index (χ1v) is 9.67. The number of para-hydroxylation sites is 1. The number of amides is 1. The molecule has 8 nitrogen and oxygen atoms in total. The van der Waals surface area contributed by atoms with Gasteiger partial charge < -0.3 is 23.6 Å². The zero-order valence-electron chi connectivity index (χ0n) is 17.5. The molecule has 30 heavy (non-hydrogen) atoms. The van der Waals surface area contributed by atoms with Crippen LogP contribution in [-0.2, 0) is 6.54 Å². The van der Waals surface area contributed by atoms with Gasteiger partial charge in [0.25, 0.3) is 5.91 Å². The van der Waals surface area contributed by atoms with E-state index in [0.29, 0.717) is 47.7 Å². The van der Waals surface area contributed by atoms with Gasteiger partial charge in [0.05, 0.1) is 26.4 Å². The summed E-state index contributed by atoms with van der Waals surface area (Å²) in [6.07, 6.45) is 0. The van der Waals surface area contributed by atoms with Gasteiger partial charge >= 0.3 is 0 Å². The van der Waals surface area contributed by atoms with E-state index in [-0.39, 0.29) is 12.5 Å². The molecule has 2 aromatic carbocycles. The van der Waals surface area contributed by atoms with Crippen LogP contribution in [0.25, 0.3) is 11.4 Å². The zero-order chi connectivity index (χ0) is 21.5. The van der Waals surface area contributed by atoms with E-state index < -0.39 is 0 Å². The number of aromatic nitrogens is 2. The van der Waals surface area contributed by atoms with Gasteiger partial charge in [-0.05, 0) is 44.2 Å². The van der Waals surface area contributed by atoms with Gasteiger partial charge in [-0.25, -0.2) is 0 Å². The number of methoxy groups -OCH3 is 2. The Balaban J connectivity index is 1.80. The molecule has 0 saturated heterocycles. The molecular formula is C22H25N3O5. The highest BCUT2D eigenvalue weighted by atomic mass is 16.5. The molecule has 8 heteroatoms. The van der Waals surface area contributed by atoms with Crippen LogP contribution in [0.5, 0.6) is 17.2 Å². The lowest BCUT2D eigenvalue weighted by atomic mass is 10.1. The molecule has 0 unspecified atom stereocenters. The standard InChI is InChI=1S/C22H25N3O5/c1-5-25(22(26)16-9-7-8-10-17(16)29-6-2)14-20-23-21(24-30-20)15-11-12-18(27-3)19(13-15)28-4/h7-13H,5-6,14H2,1-4H3. The van der Waals surface area contributed by atoms with E-state index in [1.807, 2.05) is 32.0 Å². The highest BCUT2D eigenvalue weighted by molar-refractivity contribution is 5.96. The minimum absolute atomic E-state index is 0.160. The molecule has 3 aromatic rings. The lowest BCUT2D eigenvalue weighted by Gasteiger charge is -2.20. The topological polar surface area (TPSA) is 86.9 Å². The fraction of sp³-hybridized carbons (Fsp3) is 0.318. The molecule has 0 aliphatic rings. The lowest BCUT2D eigenvalue weighted by molar-refractivity contribution is 0.0730. The van der Waals surface area contributed by atoms with Crippen molar-refractivity contribution >= 4 is 5.91 Å². The molecule has 158 valence electrons. The normalized spacial score (nSPS) is 10.5. The molecule has 0 saturated carbocycles. The van der Waals surface area contributed by atoms with Crippen LogP contribution in [0.2, 0.25) is 0 Å². The molecule has 0 aliphatic heterocycles. The van der Waals surface area contributed by atoms with Crippen molar-refractivity contribution in [1.29, 1.82) is 0 Å². The van der Waals surface area contributed by atoms with E-state index in [1.165, 1.54) is 0 Å². The molecule has 0 atom stereocenters. The summed E-state index contributed by atoms with van der Waals surface area (Å²) < 4.78 is 21.5. The Morgan fingerprint density at radius 1 is 1.03 bits per heavy atom. The van der Waals surface area contributed by atoms with Crippen molar-refractivity contribution in [3.05, 3.63) is 53.9 Å². The van der Waals surface area contributed by atoms with E-state index >= 15 is 0 Å². The lowest BCUT2D eigenvalue weighted by Crippen LogP contribution is -2.30. The summed E-state index contributed by atoms with van der Waals surface area (Å²) in [5, 5.41) is 4.04. The first-order valence-electron chi connectivity index (χ1n) is 9.67. The third-order valence-electron chi connectivity index (χ3n) is 4.52. The van der Waals surface area contributed by atoms with Crippen molar-refractivity contribution in [3.8, 4) is 28.6 Å².